The number of aryl methyl sites for hydroxylation is 1. The Balaban J connectivity index is 1.32. The van der Waals surface area contributed by atoms with E-state index in [-0.39, 0.29) is 16.7 Å². The van der Waals surface area contributed by atoms with Gasteiger partial charge in [0, 0.05) is 15.3 Å². The summed E-state index contributed by atoms with van der Waals surface area (Å²) in [4.78, 5) is 44.3. The Morgan fingerprint density at radius 2 is 1.62 bits per heavy atom. The average molecular weight is 594 g/mol. The maximum atomic E-state index is 13.8. The summed E-state index contributed by atoms with van der Waals surface area (Å²) in [6.07, 6.45) is 0. The van der Waals surface area contributed by atoms with Gasteiger partial charge in [-0.1, -0.05) is 81.0 Å². The van der Waals surface area contributed by atoms with E-state index >= 15 is 0 Å². The zero-order valence-corrected chi connectivity index (χ0v) is 22.9. The quantitative estimate of drug-likeness (QED) is 0.293. The highest BCUT2D eigenvalue weighted by Gasteiger charge is 2.56. The van der Waals surface area contributed by atoms with Crippen molar-refractivity contribution in [2.75, 3.05) is 4.90 Å². The number of rotatable bonds is 5. The van der Waals surface area contributed by atoms with Crippen LogP contribution in [-0.2, 0) is 16.2 Å². The van der Waals surface area contributed by atoms with Crippen LogP contribution in [0.4, 0.5) is 5.69 Å². The third-order valence-electron chi connectivity index (χ3n) is 6.67. The Morgan fingerprint density at radius 3 is 2.32 bits per heavy atom. The molecule has 0 spiro atoms. The van der Waals surface area contributed by atoms with Crippen LogP contribution < -0.4 is 14.5 Å². The van der Waals surface area contributed by atoms with Crippen molar-refractivity contribution in [1.29, 1.82) is 0 Å². The molecular formula is C28H21BrN2O4S2. The van der Waals surface area contributed by atoms with Crippen LogP contribution in [-0.4, -0.2) is 22.0 Å². The van der Waals surface area contributed by atoms with E-state index in [0.717, 1.165) is 31.8 Å². The Bertz CT molecular complexity index is 1550. The van der Waals surface area contributed by atoms with Gasteiger partial charge in [-0.15, -0.1) is 0 Å². The minimum Gasteiger partial charge on any atom is -0.489 e. The molecule has 37 heavy (non-hydrogen) atoms. The van der Waals surface area contributed by atoms with Crippen molar-refractivity contribution in [3.63, 3.8) is 0 Å². The number of nitrogens with one attached hydrogen (secondary N) is 1. The smallest absolute Gasteiger partial charge is 0.305 e. The van der Waals surface area contributed by atoms with Gasteiger partial charge in [0.15, 0.2) is 0 Å². The maximum Gasteiger partial charge on any atom is 0.305 e. The number of hydrogen-bond acceptors (Lipinski definition) is 6. The van der Waals surface area contributed by atoms with Crippen LogP contribution in [0.25, 0.3) is 0 Å². The Hall–Kier alpha value is -3.14. The number of benzene rings is 3. The molecule has 3 aromatic carbocycles. The molecule has 6 rings (SSSR count). The summed E-state index contributed by atoms with van der Waals surface area (Å²) in [5.74, 6) is -0.824. The minimum absolute atomic E-state index is 0.190. The second-order valence-electron chi connectivity index (χ2n) is 9.08. The summed E-state index contributed by atoms with van der Waals surface area (Å²) in [6.45, 7) is 2.49. The van der Waals surface area contributed by atoms with Gasteiger partial charge in [-0.2, -0.15) is 0 Å². The lowest BCUT2D eigenvalue weighted by Crippen LogP contribution is -2.32. The molecule has 2 aliphatic heterocycles. The van der Waals surface area contributed by atoms with E-state index in [2.05, 4.69) is 33.0 Å². The van der Waals surface area contributed by atoms with Crippen LogP contribution in [0.2, 0.25) is 0 Å². The number of H-pyrrole nitrogens is 1. The van der Waals surface area contributed by atoms with Crippen LogP contribution in [0, 0.1) is 12.8 Å². The molecule has 3 heterocycles. The highest BCUT2D eigenvalue weighted by atomic mass is 79.9. The van der Waals surface area contributed by atoms with Gasteiger partial charge in [-0.05, 0) is 54.4 Å². The zero-order valence-electron chi connectivity index (χ0n) is 19.6. The van der Waals surface area contributed by atoms with Crippen molar-refractivity contribution < 1.29 is 14.3 Å². The monoisotopic (exact) mass is 592 g/mol. The van der Waals surface area contributed by atoms with E-state index in [4.69, 9.17) is 4.74 Å². The molecule has 1 fully saturated rings. The lowest BCUT2D eigenvalue weighted by molar-refractivity contribution is -0.122. The van der Waals surface area contributed by atoms with Crippen LogP contribution in [0.1, 0.15) is 27.5 Å². The van der Waals surface area contributed by atoms with Crippen molar-refractivity contribution in [2.45, 2.75) is 29.7 Å². The van der Waals surface area contributed by atoms with Crippen molar-refractivity contribution in [3.8, 4) is 5.75 Å². The predicted octanol–water partition coefficient (Wildman–Crippen LogP) is 5.88. The lowest BCUT2D eigenvalue weighted by Gasteiger charge is -2.29. The lowest BCUT2D eigenvalue weighted by atomic mass is 9.83. The molecule has 1 saturated heterocycles. The number of ether oxygens (including phenoxy) is 1. The minimum atomic E-state index is -0.614. The summed E-state index contributed by atoms with van der Waals surface area (Å²) in [5, 5.41) is 0.0520. The van der Waals surface area contributed by atoms with Gasteiger partial charge >= 0.3 is 4.87 Å². The number of thiazole rings is 1. The van der Waals surface area contributed by atoms with E-state index in [1.165, 1.54) is 22.2 Å². The summed E-state index contributed by atoms with van der Waals surface area (Å²) in [5.41, 5.74) is 3.69. The summed E-state index contributed by atoms with van der Waals surface area (Å²) in [7, 11) is 0. The summed E-state index contributed by atoms with van der Waals surface area (Å²) >= 11 is 5.79. The second kappa shape index (κ2) is 9.63. The van der Waals surface area contributed by atoms with Crippen molar-refractivity contribution in [3.05, 3.63) is 109 Å². The number of carbonyl (C=O) groups excluding carboxylic acids is 2. The number of anilines is 1. The SMILES string of the molecule is Cc1ccc(COc2ccc([C@H]3c4sc(=O)[nH]c4SC4C(=O)N(c5ccc(Br)cc5)C(=O)C43)cc2)cc1. The van der Waals surface area contributed by atoms with Gasteiger partial charge in [0.1, 0.15) is 17.6 Å². The van der Waals surface area contributed by atoms with E-state index in [0.29, 0.717) is 23.1 Å². The predicted molar refractivity (Wildman–Crippen MR) is 149 cm³/mol. The molecule has 0 saturated carbocycles. The van der Waals surface area contributed by atoms with Crippen LogP contribution >= 0.6 is 39.0 Å². The number of nitrogens with zero attached hydrogens (tertiary/aromatic N) is 1. The van der Waals surface area contributed by atoms with Crippen LogP contribution in [0.5, 0.6) is 5.75 Å². The molecule has 3 atom stereocenters. The first-order valence-corrected chi connectivity index (χ1v) is 14.2. The van der Waals surface area contributed by atoms with Gasteiger partial charge in [0.25, 0.3) is 0 Å². The normalized spacial score (nSPS) is 20.6. The zero-order chi connectivity index (χ0) is 25.7. The fourth-order valence-electron chi connectivity index (χ4n) is 4.84. The van der Waals surface area contributed by atoms with Crippen molar-refractivity contribution in [1.82, 2.24) is 4.98 Å². The first-order chi connectivity index (χ1) is 17.9. The summed E-state index contributed by atoms with van der Waals surface area (Å²) < 4.78 is 6.83. The number of halogens is 1. The fraction of sp³-hybridized carbons (Fsp3) is 0.179. The molecule has 1 N–H and O–H groups in total. The van der Waals surface area contributed by atoms with E-state index in [9.17, 15) is 14.4 Å². The van der Waals surface area contributed by atoms with Gasteiger partial charge in [0.2, 0.25) is 11.8 Å². The number of aromatic amines is 1. The molecule has 4 aromatic rings. The molecule has 9 heteroatoms. The average Bonchev–Trinajstić information content (AvgIpc) is 3.39. The summed E-state index contributed by atoms with van der Waals surface area (Å²) in [6, 6.07) is 22.9. The molecule has 2 aliphatic rings. The van der Waals surface area contributed by atoms with Crippen molar-refractivity contribution >= 4 is 56.5 Å². The topological polar surface area (TPSA) is 79.5 Å². The molecule has 1 aromatic heterocycles. The van der Waals surface area contributed by atoms with E-state index in [1.807, 2.05) is 55.5 Å². The highest BCUT2D eigenvalue weighted by molar-refractivity contribution is 9.10. The number of amides is 2. The fourth-order valence-corrected chi connectivity index (χ4v) is 7.62. The molecule has 0 bridgehead atoms. The Morgan fingerprint density at radius 1 is 0.919 bits per heavy atom. The number of hydrogen-bond donors (Lipinski definition) is 1. The number of imide groups is 1. The first kappa shape index (κ1) is 24.2. The van der Waals surface area contributed by atoms with Crippen molar-refractivity contribution in [2.24, 2.45) is 5.92 Å². The van der Waals surface area contributed by atoms with Crippen LogP contribution in [0.15, 0.2) is 87.1 Å². The highest BCUT2D eigenvalue weighted by Crippen LogP contribution is 2.53. The first-order valence-electron chi connectivity index (χ1n) is 11.7. The Labute approximate surface area is 229 Å². The maximum absolute atomic E-state index is 13.8. The Kier molecular flexibility index (Phi) is 6.30. The third-order valence-corrected chi connectivity index (χ3v) is 9.60. The van der Waals surface area contributed by atoms with Gasteiger partial charge < -0.3 is 9.72 Å². The molecule has 2 amide bonds. The van der Waals surface area contributed by atoms with E-state index in [1.54, 1.807) is 12.1 Å². The molecule has 186 valence electrons. The van der Waals surface area contributed by atoms with Gasteiger partial charge in [-0.25, -0.2) is 4.90 Å². The molecule has 0 radical (unpaired) electrons. The standard InChI is InChI=1S/C28H21BrN2O4S2/c1-15-2-4-16(5-3-15)14-35-20-12-6-17(7-13-20)21-22-24(36-25-23(21)37-28(34)30-25)27(33)31(26(22)32)19-10-8-18(29)9-11-19/h2-13,21-22,24H,14H2,1H3,(H,30,34)/t21-,22?,24?/m1/s1. The molecular weight excluding hydrogens is 572 g/mol. The molecule has 6 nitrogen and oxygen atoms in total. The van der Waals surface area contributed by atoms with Gasteiger partial charge in [-0.3, -0.25) is 14.4 Å². The van der Waals surface area contributed by atoms with Crippen LogP contribution in [0.3, 0.4) is 0 Å². The van der Waals surface area contributed by atoms with Gasteiger partial charge in [0.05, 0.1) is 16.6 Å². The number of carbonyl (C=O) groups is 2. The largest absolute Gasteiger partial charge is 0.489 e. The molecule has 2 unspecified atom stereocenters. The number of fused-ring (bicyclic) bond motifs is 2. The number of aromatic nitrogens is 1. The second-order valence-corrected chi connectivity index (χ2v) is 12.2. The molecule has 0 aliphatic carbocycles. The number of thioether (sulfide) groups is 1. The third kappa shape index (κ3) is 4.45. The van der Waals surface area contributed by atoms with E-state index < -0.39 is 17.1 Å².